The van der Waals surface area contributed by atoms with Gasteiger partial charge in [-0.3, -0.25) is 37.3 Å². The zero-order valence-electron chi connectivity index (χ0n) is 58.4. The van der Waals surface area contributed by atoms with E-state index >= 15 is 0 Å². The summed E-state index contributed by atoms with van der Waals surface area (Å²) in [6.45, 7) is 9.44. The first-order valence-corrected chi connectivity index (χ1v) is 40.0. The molecular formula is C71H138O17P2. The molecule has 3 unspecified atom stereocenters. The number of phosphoric ester groups is 2. The lowest BCUT2D eigenvalue weighted by Gasteiger charge is -2.21. The summed E-state index contributed by atoms with van der Waals surface area (Å²) in [4.78, 5) is 72.4. The number of rotatable bonds is 70. The van der Waals surface area contributed by atoms with Gasteiger partial charge in [-0.2, -0.15) is 0 Å². The molecule has 0 heterocycles. The summed E-state index contributed by atoms with van der Waals surface area (Å²) in [5.74, 6) is -0.658. The summed E-state index contributed by atoms with van der Waals surface area (Å²) < 4.78 is 68.2. The van der Waals surface area contributed by atoms with Gasteiger partial charge >= 0.3 is 39.5 Å². The molecule has 19 heteroatoms. The molecule has 17 nitrogen and oxygen atoms in total. The van der Waals surface area contributed by atoms with Crippen molar-refractivity contribution in [2.45, 2.75) is 381 Å². The summed E-state index contributed by atoms with van der Waals surface area (Å²) in [5.41, 5.74) is 0. The maximum absolute atomic E-state index is 13.0. The maximum atomic E-state index is 13.0. The fourth-order valence-electron chi connectivity index (χ4n) is 10.7. The van der Waals surface area contributed by atoms with Gasteiger partial charge in [0, 0.05) is 25.7 Å². The Bertz CT molecular complexity index is 1750. The monoisotopic (exact) mass is 1320 g/mol. The van der Waals surface area contributed by atoms with Crippen LogP contribution < -0.4 is 0 Å². The molecule has 6 atom stereocenters. The van der Waals surface area contributed by atoms with E-state index in [0.717, 1.165) is 109 Å². The van der Waals surface area contributed by atoms with Gasteiger partial charge in [0.05, 0.1) is 26.4 Å². The van der Waals surface area contributed by atoms with Crippen LogP contribution in [0.1, 0.15) is 363 Å². The number of aliphatic hydroxyl groups is 1. The van der Waals surface area contributed by atoms with Gasteiger partial charge < -0.3 is 33.8 Å². The van der Waals surface area contributed by atoms with Crippen molar-refractivity contribution in [1.29, 1.82) is 0 Å². The summed E-state index contributed by atoms with van der Waals surface area (Å²) in [6.07, 6.45) is 49.0. The number of carbonyl (C=O) groups excluding carboxylic acids is 4. The molecule has 0 saturated heterocycles. The van der Waals surface area contributed by atoms with Gasteiger partial charge in [0.25, 0.3) is 0 Å². The normalized spacial score (nSPS) is 14.4. The maximum Gasteiger partial charge on any atom is 0.472 e. The van der Waals surface area contributed by atoms with Gasteiger partial charge in [-0.25, -0.2) is 9.13 Å². The fraction of sp³-hybridized carbons (Fsp3) is 0.944. The number of hydrogen-bond donors (Lipinski definition) is 3. The van der Waals surface area contributed by atoms with Crippen molar-refractivity contribution in [2.75, 3.05) is 39.6 Å². The van der Waals surface area contributed by atoms with Crippen molar-refractivity contribution in [2.24, 2.45) is 11.8 Å². The number of esters is 4. The highest BCUT2D eigenvalue weighted by molar-refractivity contribution is 7.47. The molecule has 0 aromatic rings. The lowest BCUT2D eigenvalue weighted by molar-refractivity contribution is -0.161. The minimum absolute atomic E-state index is 0.103. The van der Waals surface area contributed by atoms with E-state index < -0.39 is 97.5 Å². The second kappa shape index (κ2) is 63.1. The average Bonchev–Trinajstić information content (AvgIpc) is 3.04. The standard InChI is InChI=1S/C71H138O17P2/c1-7-10-12-14-16-17-18-19-20-21-22-23-24-25-26-27-28-29-37-43-49-55-70(75)87-67(60-82-69(74)54-48-42-36-31-30-35-40-46-52-64(6)9-3)62-86-90(79,80)84-58-65(72)57-83-89(77,78)85-61-66(59-81-68(73)53-47-41-33-15-13-11-8-2)88-71(76)56-50-44-38-32-34-39-45-51-63(4)5/h63-67,72H,7-62H2,1-6H3,(H,77,78)(H,79,80)/t64?,65-,66+,67+/m0/s1. The van der Waals surface area contributed by atoms with Crippen molar-refractivity contribution in [3.8, 4) is 0 Å². The largest absolute Gasteiger partial charge is 0.472 e. The Balaban J connectivity index is 5.14. The number of hydrogen-bond acceptors (Lipinski definition) is 15. The highest BCUT2D eigenvalue weighted by Gasteiger charge is 2.30. The van der Waals surface area contributed by atoms with Crippen molar-refractivity contribution in [3.63, 3.8) is 0 Å². The minimum atomic E-state index is -4.95. The fourth-order valence-corrected chi connectivity index (χ4v) is 12.3. The molecule has 3 N–H and O–H groups in total. The number of phosphoric acid groups is 2. The van der Waals surface area contributed by atoms with Crippen molar-refractivity contribution < 1.29 is 80.2 Å². The molecule has 0 radical (unpaired) electrons. The van der Waals surface area contributed by atoms with Crippen LogP contribution in [0.3, 0.4) is 0 Å². The third-order valence-corrected chi connectivity index (χ3v) is 18.7. The van der Waals surface area contributed by atoms with E-state index in [1.807, 2.05) is 0 Å². The number of carbonyl (C=O) groups is 4. The molecule has 534 valence electrons. The minimum Gasteiger partial charge on any atom is -0.462 e. The van der Waals surface area contributed by atoms with Crippen LogP contribution in [0.4, 0.5) is 0 Å². The van der Waals surface area contributed by atoms with Crippen LogP contribution in [0.5, 0.6) is 0 Å². The van der Waals surface area contributed by atoms with Crippen molar-refractivity contribution >= 4 is 39.5 Å². The Morgan fingerprint density at radius 2 is 0.567 bits per heavy atom. The van der Waals surface area contributed by atoms with E-state index in [9.17, 15) is 43.2 Å². The quantitative estimate of drug-likeness (QED) is 0.0222. The van der Waals surface area contributed by atoms with Crippen LogP contribution in [-0.2, 0) is 65.4 Å². The topological polar surface area (TPSA) is 237 Å². The van der Waals surface area contributed by atoms with Crippen LogP contribution in [0, 0.1) is 11.8 Å². The third-order valence-electron chi connectivity index (χ3n) is 16.8. The Morgan fingerprint density at radius 1 is 0.322 bits per heavy atom. The van der Waals surface area contributed by atoms with Gasteiger partial charge in [0.15, 0.2) is 12.2 Å². The predicted octanol–water partition coefficient (Wildman–Crippen LogP) is 20.4. The van der Waals surface area contributed by atoms with Crippen LogP contribution in [-0.4, -0.2) is 96.7 Å². The second-order valence-corrected chi connectivity index (χ2v) is 29.3. The molecule has 0 bridgehead atoms. The van der Waals surface area contributed by atoms with Crippen LogP contribution >= 0.6 is 15.6 Å². The summed E-state index contributed by atoms with van der Waals surface area (Å²) in [5, 5.41) is 10.6. The van der Waals surface area contributed by atoms with Gasteiger partial charge in [0.1, 0.15) is 19.3 Å². The zero-order valence-corrected chi connectivity index (χ0v) is 60.2. The third kappa shape index (κ3) is 63.5. The number of aliphatic hydroxyl groups excluding tert-OH is 1. The molecule has 0 spiro atoms. The molecule has 0 aliphatic heterocycles. The first-order valence-electron chi connectivity index (χ1n) is 37.0. The second-order valence-electron chi connectivity index (χ2n) is 26.3. The van der Waals surface area contributed by atoms with Crippen molar-refractivity contribution in [3.05, 3.63) is 0 Å². The predicted molar refractivity (Wildman–Crippen MR) is 363 cm³/mol. The molecule has 0 aromatic carbocycles. The van der Waals surface area contributed by atoms with E-state index in [0.29, 0.717) is 31.6 Å². The lowest BCUT2D eigenvalue weighted by Crippen LogP contribution is -2.30. The first-order chi connectivity index (χ1) is 43.4. The van der Waals surface area contributed by atoms with E-state index in [4.69, 9.17) is 37.0 Å². The molecular weight excluding hydrogens is 1190 g/mol. The van der Waals surface area contributed by atoms with E-state index in [1.165, 1.54) is 167 Å². The molecule has 0 fully saturated rings. The zero-order chi connectivity index (χ0) is 66.5. The highest BCUT2D eigenvalue weighted by Crippen LogP contribution is 2.45. The smallest absolute Gasteiger partial charge is 0.462 e. The molecule has 0 rings (SSSR count). The van der Waals surface area contributed by atoms with E-state index in [-0.39, 0.29) is 25.7 Å². The molecule has 0 aliphatic carbocycles. The van der Waals surface area contributed by atoms with Crippen molar-refractivity contribution in [1.82, 2.24) is 0 Å². The summed E-state index contributed by atoms with van der Waals surface area (Å²) in [6, 6.07) is 0. The molecule has 0 saturated carbocycles. The van der Waals surface area contributed by atoms with E-state index in [2.05, 4.69) is 41.5 Å². The van der Waals surface area contributed by atoms with Crippen LogP contribution in [0.25, 0.3) is 0 Å². The first kappa shape index (κ1) is 88.1. The van der Waals surface area contributed by atoms with Gasteiger partial charge in [-0.15, -0.1) is 0 Å². The summed E-state index contributed by atoms with van der Waals surface area (Å²) >= 11 is 0. The Kier molecular flexibility index (Phi) is 61.8. The molecule has 0 aliphatic rings. The lowest BCUT2D eigenvalue weighted by atomic mass is 9.99. The van der Waals surface area contributed by atoms with Crippen LogP contribution in [0.2, 0.25) is 0 Å². The van der Waals surface area contributed by atoms with Gasteiger partial charge in [-0.1, -0.05) is 311 Å². The van der Waals surface area contributed by atoms with Crippen LogP contribution in [0.15, 0.2) is 0 Å². The molecule has 0 amide bonds. The van der Waals surface area contributed by atoms with E-state index in [1.54, 1.807) is 0 Å². The Labute approximate surface area is 549 Å². The number of ether oxygens (including phenoxy) is 4. The SMILES string of the molecule is CCCCCCCCCCCCCCCCCCCCCCCC(=O)O[C@H](COC(=O)CCCCCCCCCCC(C)CC)COP(=O)(O)OC[C@@H](O)COP(=O)(O)OC[C@@H](COC(=O)CCCCCCCCC)OC(=O)CCCCCCCCCC(C)C. The highest BCUT2D eigenvalue weighted by atomic mass is 31.2. The number of unbranched alkanes of at least 4 members (excludes halogenated alkanes) is 39. The molecule has 0 aromatic heterocycles. The average molecular weight is 1330 g/mol. The Morgan fingerprint density at radius 3 is 0.844 bits per heavy atom. The molecule has 90 heavy (non-hydrogen) atoms. The van der Waals surface area contributed by atoms with Gasteiger partial charge in [-0.05, 0) is 37.5 Å². The Hall–Kier alpha value is -1.94. The van der Waals surface area contributed by atoms with Gasteiger partial charge in [0.2, 0.25) is 0 Å². The summed E-state index contributed by atoms with van der Waals surface area (Å²) in [7, 11) is -9.89.